The second-order valence-electron chi connectivity index (χ2n) is 4.61. The van der Waals surface area contributed by atoms with Crippen molar-refractivity contribution in [3.63, 3.8) is 0 Å². The molecule has 0 radical (unpaired) electrons. The van der Waals surface area contributed by atoms with Gasteiger partial charge >= 0.3 is 0 Å². The van der Waals surface area contributed by atoms with Gasteiger partial charge in [-0.1, -0.05) is 0 Å². The second-order valence-corrected chi connectivity index (χ2v) is 4.61. The highest BCUT2D eigenvalue weighted by molar-refractivity contribution is 5.82. The van der Waals surface area contributed by atoms with Crippen molar-refractivity contribution in [1.82, 2.24) is 4.90 Å². The molecular weight excluding hydrogens is 214 g/mol. The Balaban J connectivity index is 1.92. The highest BCUT2D eigenvalue weighted by Crippen LogP contribution is 2.27. The molecule has 1 aromatic heterocycles. The smallest absolute Gasteiger partial charge is 0.134 e. The van der Waals surface area contributed by atoms with Crippen LogP contribution in [-0.4, -0.2) is 25.1 Å². The molecule has 2 heterocycles. The fourth-order valence-electron chi connectivity index (χ4n) is 2.49. The average Bonchev–Trinajstić information content (AvgIpc) is 2.99. The molecule has 0 unspecified atom stereocenters. The Morgan fingerprint density at radius 1 is 1.29 bits per heavy atom. The summed E-state index contributed by atoms with van der Waals surface area (Å²) in [4.78, 5) is 2.48. The fraction of sp³-hybridized carbons (Fsp3) is 0.429. The lowest BCUT2D eigenvalue weighted by molar-refractivity contribution is 0.331. The molecule has 0 N–H and O–H groups in total. The van der Waals surface area contributed by atoms with Crippen molar-refractivity contribution in [2.45, 2.75) is 19.4 Å². The van der Waals surface area contributed by atoms with Crippen LogP contribution in [0.15, 0.2) is 28.9 Å². The standard InChI is InChI=1S/C14H17NO2/c1-16-12-4-5-14-13(8-12)11(10-17-14)9-15-6-2-3-7-15/h4-5,8,10H,2-3,6-7,9H2,1H3. The van der Waals surface area contributed by atoms with Gasteiger partial charge in [-0.15, -0.1) is 0 Å². The maximum atomic E-state index is 5.58. The maximum Gasteiger partial charge on any atom is 0.134 e. The molecule has 1 aliphatic rings. The van der Waals surface area contributed by atoms with Crippen molar-refractivity contribution in [3.05, 3.63) is 30.0 Å². The molecule has 0 bridgehead atoms. The van der Waals surface area contributed by atoms with Gasteiger partial charge in [-0.25, -0.2) is 0 Å². The summed E-state index contributed by atoms with van der Waals surface area (Å²) >= 11 is 0. The van der Waals surface area contributed by atoms with E-state index in [1.54, 1.807) is 7.11 Å². The number of fused-ring (bicyclic) bond motifs is 1. The third kappa shape index (κ3) is 2.03. The van der Waals surface area contributed by atoms with E-state index in [-0.39, 0.29) is 0 Å². The predicted octanol–water partition coefficient (Wildman–Crippen LogP) is 3.04. The fourth-order valence-corrected chi connectivity index (χ4v) is 2.49. The average molecular weight is 231 g/mol. The molecule has 1 aliphatic heterocycles. The Kier molecular flexibility index (Phi) is 2.77. The number of nitrogens with zero attached hydrogens (tertiary/aromatic N) is 1. The van der Waals surface area contributed by atoms with E-state index in [4.69, 9.17) is 9.15 Å². The monoisotopic (exact) mass is 231 g/mol. The summed E-state index contributed by atoms with van der Waals surface area (Å²) in [5.74, 6) is 0.890. The lowest BCUT2D eigenvalue weighted by Gasteiger charge is -2.13. The molecule has 0 saturated carbocycles. The third-order valence-electron chi connectivity index (χ3n) is 3.45. The summed E-state index contributed by atoms with van der Waals surface area (Å²) in [5, 5.41) is 1.18. The lowest BCUT2D eigenvalue weighted by atomic mass is 10.1. The zero-order valence-electron chi connectivity index (χ0n) is 10.1. The summed E-state index contributed by atoms with van der Waals surface area (Å²) in [5.41, 5.74) is 2.21. The first-order chi connectivity index (χ1) is 8.36. The Hall–Kier alpha value is -1.48. The van der Waals surface area contributed by atoms with Crippen molar-refractivity contribution < 1.29 is 9.15 Å². The van der Waals surface area contributed by atoms with Gasteiger partial charge in [-0.05, 0) is 44.1 Å². The predicted molar refractivity (Wildman–Crippen MR) is 67.3 cm³/mol. The van der Waals surface area contributed by atoms with E-state index >= 15 is 0 Å². The van der Waals surface area contributed by atoms with Gasteiger partial charge in [-0.3, -0.25) is 4.90 Å². The molecule has 0 aliphatic carbocycles. The molecule has 17 heavy (non-hydrogen) atoms. The zero-order valence-corrected chi connectivity index (χ0v) is 10.1. The Labute approximate surface area is 101 Å². The van der Waals surface area contributed by atoms with Crippen molar-refractivity contribution in [2.75, 3.05) is 20.2 Å². The van der Waals surface area contributed by atoms with E-state index < -0.39 is 0 Å². The van der Waals surface area contributed by atoms with Gasteiger partial charge < -0.3 is 9.15 Å². The van der Waals surface area contributed by atoms with E-state index in [2.05, 4.69) is 11.0 Å². The summed E-state index contributed by atoms with van der Waals surface area (Å²) in [6.07, 6.45) is 4.51. The number of likely N-dealkylation sites (tertiary alicyclic amines) is 1. The molecule has 0 amide bonds. The van der Waals surface area contributed by atoms with E-state index in [1.165, 1.54) is 36.9 Å². The van der Waals surface area contributed by atoms with Crippen LogP contribution < -0.4 is 4.74 Å². The van der Waals surface area contributed by atoms with Crippen LogP contribution in [0, 0.1) is 0 Å². The van der Waals surface area contributed by atoms with Crippen LogP contribution in [-0.2, 0) is 6.54 Å². The van der Waals surface area contributed by atoms with Crippen LogP contribution in [0.2, 0.25) is 0 Å². The minimum absolute atomic E-state index is 0.890. The van der Waals surface area contributed by atoms with E-state index in [0.717, 1.165) is 17.9 Å². The van der Waals surface area contributed by atoms with Gasteiger partial charge in [0.25, 0.3) is 0 Å². The number of hydrogen-bond donors (Lipinski definition) is 0. The van der Waals surface area contributed by atoms with Gasteiger partial charge in [0.05, 0.1) is 13.4 Å². The van der Waals surface area contributed by atoms with Gasteiger partial charge in [0, 0.05) is 17.5 Å². The van der Waals surface area contributed by atoms with Crippen LogP contribution in [0.25, 0.3) is 11.0 Å². The molecule has 3 rings (SSSR count). The first kappa shape index (κ1) is 10.7. The Morgan fingerprint density at radius 2 is 2.12 bits per heavy atom. The first-order valence-corrected chi connectivity index (χ1v) is 6.13. The largest absolute Gasteiger partial charge is 0.497 e. The number of furan rings is 1. The number of ether oxygens (including phenoxy) is 1. The van der Waals surface area contributed by atoms with Crippen molar-refractivity contribution in [2.24, 2.45) is 0 Å². The van der Waals surface area contributed by atoms with Crippen molar-refractivity contribution >= 4 is 11.0 Å². The first-order valence-electron chi connectivity index (χ1n) is 6.13. The molecule has 0 atom stereocenters. The highest BCUT2D eigenvalue weighted by Gasteiger charge is 2.15. The van der Waals surface area contributed by atoms with E-state index in [9.17, 15) is 0 Å². The Bertz CT molecular complexity index is 512. The van der Waals surface area contributed by atoms with Gasteiger partial charge in [-0.2, -0.15) is 0 Å². The second kappa shape index (κ2) is 4.41. The number of methoxy groups -OCH3 is 1. The molecule has 90 valence electrons. The quantitative estimate of drug-likeness (QED) is 0.812. The number of rotatable bonds is 3. The number of benzene rings is 1. The molecule has 1 aromatic carbocycles. The zero-order chi connectivity index (χ0) is 11.7. The van der Waals surface area contributed by atoms with E-state index in [1.807, 2.05) is 18.4 Å². The molecule has 3 heteroatoms. The normalized spacial score (nSPS) is 16.8. The molecule has 0 spiro atoms. The maximum absolute atomic E-state index is 5.58. The topological polar surface area (TPSA) is 25.6 Å². The molecule has 2 aromatic rings. The van der Waals surface area contributed by atoms with Crippen LogP contribution in [0.5, 0.6) is 5.75 Å². The lowest BCUT2D eigenvalue weighted by Crippen LogP contribution is -2.17. The molecular formula is C14H17NO2. The molecule has 1 fully saturated rings. The molecule has 3 nitrogen and oxygen atoms in total. The third-order valence-corrected chi connectivity index (χ3v) is 3.45. The Morgan fingerprint density at radius 3 is 2.88 bits per heavy atom. The molecule has 1 saturated heterocycles. The number of hydrogen-bond acceptors (Lipinski definition) is 3. The minimum atomic E-state index is 0.890. The minimum Gasteiger partial charge on any atom is -0.497 e. The SMILES string of the molecule is COc1ccc2occ(CN3CCCC3)c2c1. The summed E-state index contributed by atoms with van der Waals surface area (Å²) in [7, 11) is 1.70. The van der Waals surface area contributed by atoms with Crippen molar-refractivity contribution in [3.8, 4) is 5.75 Å². The van der Waals surface area contributed by atoms with E-state index in [0.29, 0.717) is 0 Å². The van der Waals surface area contributed by atoms with Crippen molar-refractivity contribution in [1.29, 1.82) is 0 Å². The van der Waals surface area contributed by atoms with Crippen LogP contribution in [0.1, 0.15) is 18.4 Å². The summed E-state index contributed by atoms with van der Waals surface area (Å²) in [6, 6.07) is 5.97. The van der Waals surface area contributed by atoms with Crippen LogP contribution in [0.4, 0.5) is 0 Å². The van der Waals surface area contributed by atoms with Gasteiger partial charge in [0.1, 0.15) is 11.3 Å². The van der Waals surface area contributed by atoms with Gasteiger partial charge in [0.2, 0.25) is 0 Å². The summed E-state index contributed by atoms with van der Waals surface area (Å²) in [6.45, 7) is 3.40. The van der Waals surface area contributed by atoms with Crippen LogP contribution >= 0.6 is 0 Å². The summed E-state index contributed by atoms with van der Waals surface area (Å²) < 4.78 is 10.8. The van der Waals surface area contributed by atoms with Crippen LogP contribution in [0.3, 0.4) is 0 Å². The highest BCUT2D eigenvalue weighted by atomic mass is 16.5. The van der Waals surface area contributed by atoms with Gasteiger partial charge in [0.15, 0.2) is 0 Å².